The number of nitrogens with zero attached hydrogens (tertiary/aromatic N) is 2. The van der Waals surface area contributed by atoms with Crippen LogP contribution in [0.25, 0.3) is 0 Å². The molecule has 2 amide bonds. The van der Waals surface area contributed by atoms with Gasteiger partial charge in [-0.3, -0.25) is 9.59 Å². The summed E-state index contributed by atoms with van der Waals surface area (Å²) < 4.78 is 0. The van der Waals surface area contributed by atoms with Crippen LogP contribution in [0.3, 0.4) is 0 Å². The van der Waals surface area contributed by atoms with Gasteiger partial charge in [0, 0.05) is 26.6 Å². The molecule has 1 rings (SSSR count). The Bertz CT molecular complexity index is 450. The van der Waals surface area contributed by atoms with Gasteiger partial charge in [-0.15, -0.1) is 0 Å². The Hall–Kier alpha value is -1.84. The van der Waals surface area contributed by atoms with Crippen molar-refractivity contribution in [2.45, 2.75) is 34.2 Å². The van der Waals surface area contributed by atoms with E-state index in [0.717, 1.165) is 5.56 Å². The molecule has 110 valence electrons. The molecule has 0 heterocycles. The maximum Gasteiger partial charge on any atom is 0.242 e. The summed E-state index contributed by atoms with van der Waals surface area (Å²) >= 11 is 0. The van der Waals surface area contributed by atoms with E-state index in [2.05, 4.69) is 0 Å². The second kappa shape index (κ2) is 7.68. The lowest BCUT2D eigenvalue weighted by Gasteiger charge is -2.25. The fourth-order valence-corrected chi connectivity index (χ4v) is 2.03. The highest BCUT2D eigenvalue weighted by Gasteiger charge is 2.17. The molecular weight excluding hydrogens is 252 g/mol. The van der Waals surface area contributed by atoms with Gasteiger partial charge in [0.15, 0.2) is 0 Å². The van der Waals surface area contributed by atoms with Crippen LogP contribution in [0.5, 0.6) is 0 Å². The minimum atomic E-state index is -0.0777. The molecule has 20 heavy (non-hydrogen) atoms. The van der Waals surface area contributed by atoms with E-state index in [-0.39, 0.29) is 18.4 Å². The van der Waals surface area contributed by atoms with Gasteiger partial charge in [0.25, 0.3) is 0 Å². The normalized spacial score (nSPS) is 10.2. The lowest BCUT2D eigenvalue weighted by Crippen LogP contribution is -2.41. The smallest absolute Gasteiger partial charge is 0.242 e. The summed E-state index contributed by atoms with van der Waals surface area (Å²) in [7, 11) is 0. The zero-order chi connectivity index (χ0) is 15.1. The zero-order valence-corrected chi connectivity index (χ0v) is 12.8. The molecular formula is C16H24N2O2. The van der Waals surface area contributed by atoms with Gasteiger partial charge >= 0.3 is 0 Å². The maximum absolute atomic E-state index is 12.1. The summed E-state index contributed by atoms with van der Waals surface area (Å²) in [6.07, 6.45) is 0. The molecule has 0 fully saturated rings. The molecule has 4 heteroatoms. The van der Waals surface area contributed by atoms with Gasteiger partial charge in [-0.25, -0.2) is 0 Å². The Balaban J connectivity index is 2.72. The third kappa shape index (κ3) is 4.68. The van der Waals surface area contributed by atoms with Crippen LogP contribution in [-0.4, -0.2) is 41.2 Å². The highest BCUT2D eigenvalue weighted by Crippen LogP contribution is 2.08. The van der Waals surface area contributed by atoms with Gasteiger partial charge in [-0.05, 0) is 26.3 Å². The van der Waals surface area contributed by atoms with Crippen molar-refractivity contribution in [3.05, 3.63) is 35.4 Å². The topological polar surface area (TPSA) is 40.6 Å². The molecule has 0 aromatic heterocycles. The van der Waals surface area contributed by atoms with Crippen molar-refractivity contribution >= 4 is 11.8 Å². The van der Waals surface area contributed by atoms with E-state index in [1.165, 1.54) is 12.5 Å². The standard InChI is InChI=1S/C16H24N2O2/c1-5-17(6-2)16(20)12-18(14(4)19)11-15-9-7-13(3)8-10-15/h7-10H,5-6,11-12H2,1-4H3. The molecule has 0 saturated heterocycles. The Morgan fingerprint density at radius 3 is 2.00 bits per heavy atom. The number of benzene rings is 1. The minimum absolute atomic E-state index is 0.00249. The minimum Gasteiger partial charge on any atom is -0.342 e. The van der Waals surface area contributed by atoms with Gasteiger partial charge in [-0.1, -0.05) is 29.8 Å². The Morgan fingerprint density at radius 1 is 1.00 bits per heavy atom. The van der Waals surface area contributed by atoms with Crippen molar-refractivity contribution in [3.8, 4) is 0 Å². The van der Waals surface area contributed by atoms with Gasteiger partial charge in [0.05, 0.1) is 0 Å². The fraction of sp³-hybridized carbons (Fsp3) is 0.500. The molecule has 0 N–H and O–H groups in total. The van der Waals surface area contributed by atoms with Crippen LogP contribution in [0.2, 0.25) is 0 Å². The Morgan fingerprint density at radius 2 is 1.55 bits per heavy atom. The lowest BCUT2D eigenvalue weighted by atomic mass is 10.1. The highest BCUT2D eigenvalue weighted by molar-refractivity contribution is 5.83. The quantitative estimate of drug-likeness (QED) is 0.799. The molecule has 4 nitrogen and oxygen atoms in total. The second-order valence-corrected chi connectivity index (χ2v) is 4.93. The SMILES string of the molecule is CCN(CC)C(=O)CN(Cc1ccc(C)cc1)C(C)=O. The van der Waals surface area contributed by atoms with Crippen LogP contribution >= 0.6 is 0 Å². The largest absolute Gasteiger partial charge is 0.342 e. The molecule has 0 radical (unpaired) electrons. The fourth-order valence-electron chi connectivity index (χ4n) is 2.03. The Kier molecular flexibility index (Phi) is 6.22. The summed E-state index contributed by atoms with van der Waals surface area (Å²) in [5.41, 5.74) is 2.22. The van der Waals surface area contributed by atoms with E-state index < -0.39 is 0 Å². The molecule has 0 atom stereocenters. The molecule has 0 aliphatic heterocycles. The molecule has 0 unspecified atom stereocenters. The van der Waals surface area contributed by atoms with Crippen molar-refractivity contribution in [1.82, 2.24) is 9.80 Å². The second-order valence-electron chi connectivity index (χ2n) is 4.93. The van der Waals surface area contributed by atoms with Gasteiger partial charge < -0.3 is 9.80 Å². The first kappa shape index (κ1) is 16.2. The zero-order valence-electron chi connectivity index (χ0n) is 12.8. The number of likely N-dealkylation sites (N-methyl/N-ethyl adjacent to an activating group) is 1. The van der Waals surface area contributed by atoms with E-state index in [0.29, 0.717) is 19.6 Å². The molecule has 0 aliphatic carbocycles. The van der Waals surface area contributed by atoms with Crippen LogP contribution in [0.4, 0.5) is 0 Å². The van der Waals surface area contributed by atoms with E-state index in [1.807, 2.05) is 45.0 Å². The molecule has 1 aromatic rings. The number of rotatable bonds is 6. The van der Waals surface area contributed by atoms with Gasteiger partial charge in [0.1, 0.15) is 6.54 Å². The van der Waals surface area contributed by atoms with Crippen LogP contribution in [-0.2, 0) is 16.1 Å². The third-order valence-corrected chi connectivity index (χ3v) is 3.38. The van der Waals surface area contributed by atoms with Gasteiger partial charge in [-0.2, -0.15) is 0 Å². The van der Waals surface area contributed by atoms with Crippen molar-refractivity contribution in [1.29, 1.82) is 0 Å². The van der Waals surface area contributed by atoms with Crippen LogP contribution < -0.4 is 0 Å². The van der Waals surface area contributed by atoms with Crippen molar-refractivity contribution in [2.75, 3.05) is 19.6 Å². The maximum atomic E-state index is 12.1. The molecule has 1 aromatic carbocycles. The highest BCUT2D eigenvalue weighted by atomic mass is 16.2. The van der Waals surface area contributed by atoms with Gasteiger partial charge in [0.2, 0.25) is 11.8 Å². The first-order valence-electron chi connectivity index (χ1n) is 7.06. The van der Waals surface area contributed by atoms with E-state index in [4.69, 9.17) is 0 Å². The van der Waals surface area contributed by atoms with E-state index in [9.17, 15) is 9.59 Å². The Labute approximate surface area is 121 Å². The average molecular weight is 276 g/mol. The first-order valence-corrected chi connectivity index (χ1v) is 7.06. The lowest BCUT2D eigenvalue weighted by molar-refractivity contribution is -0.139. The molecule has 0 bridgehead atoms. The third-order valence-electron chi connectivity index (χ3n) is 3.38. The molecule has 0 spiro atoms. The van der Waals surface area contributed by atoms with Crippen molar-refractivity contribution < 1.29 is 9.59 Å². The van der Waals surface area contributed by atoms with Crippen LogP contribution in [0.1, 0.15) is 31.9 Å². The summed E-state index contributed by atoms with van der Waals surface area (Å²) in [5, 5.41) is 0. The number of amides is 2. The first-order chi connectivity index (χ1) is 9.47. The molecule has 0 aliphatic rings. The van der Waals surface area contributed by atoms with E-state index in [1.54, 1.807) is 9.80 Å². The number of carbonyl (C=O) groups is 2. The summed E-state index contributed by atoms with van der Waals surface area (Å²) in [6, 6.07) is 8.01. The van der Waals surface area contributed by atoms with Crippen LogP contribution in [0, 0.1) is 6.92 Å². The molecule has 0 saturated carbocycles. The monoisotopic (exact) mass is 276 g/mol. The number of hydrogen-bond donors (Lipinski definition) is 0. The summed E-state index contributed by atoms with van der Waals surface area (Å²) in [6.45, 7) is 9.38. The average Bonchev–Trinajstić information content (AvgIpc) is 2.41. The van der Waals surface area contributed by atoms with Crippen molar-refractivity contribution in [3.63, 3.8) is 0 Å². The summed E-state index contributed by atoms with van der Waals surface area (Å²) in [5.74, 6) is -0.0802. The predicted molar refractivity (Wildman–Crippen MR) is 80.2 cm³/mol. The number of carbonyl (C=O) groups excluding carboxylic acids is 2. The predicted octanol–water partition coefficient (Wildman–Crippen LogP) is 2.21. The number of aryl methyl sites for hydroxylation is 1. The van der Waals surface area contributed by atoms with Crippen LogP contribution in [0.15, 0.2) is 24.3 Å². The number of hydrogen-bond acceptors (Lipinski definition) is 2. The summed E-state index contributed by atoms with van der Waals surface area (Å²) in [4.78, 5) is 27.1. The van der Waals surface area contributed by atoms with E-state index >= 15 is 0 Å². The van der Waals surface area contributed by atoms with Crippen molar-refractivity contribution in [2.24, 2.45) is 0 Å².